The minimum atomic E-state index is -3.92. The molecule has 0 aliphatic rings. The summed E-state index contributed by atoms with van der Waals surface area (Å²) in [7, 11) is -2.68. The highest BCUT2D eigenvalue weighted by atomic mass is 32.2. The Bertz CT molecular complexity index is 1310. The van der Waals surface area contributed by atoms with Gasteiger partial charge in [0.05, 0.1) is 22.2 Å². The molecule has 152 valence electrons. The molecule has 0 saturated carbocycles. The van der Waals surface area contributed by atoms with Crippen molar-refractivity contribution in [3.63, 3.8) is 0 Å². The highest BCUT2D eigenvalue weighted by Gasteiger charge is 2.24. The first-order valence-electron chi connectivity index (χ1n) is 8.57. The summed E-state index contributed by atoms with van der Waals surface area (Å²) in [6.45, 7) is 2.47. The maximum Gasteiger partial charge on any atom is 0.336 e. The average molecular weight is 417 g/mol. The Balaban J connectivity index is 2.53. The van der Waals surface area contributed by atoms with E-state index in [0.717, 1.165) is 4.57 Å². The van der Waals surface area contributed by atoms with Gasteiger partial charge >= 0.3 is 5.97 Å². The van der Waals surface area contributed by atoms with Gasteiger partial charge in [0, 0.05) is 0 Å². The maximum absolute atomic E-state index is 13.4. The van der Waals surface area contributed by atoms with E-state index in [4.69, 9.17) is 0 Å². The predicted octanol–water partition coefficient (Wildman–Crippen LogP) is 1.10. The number of carboxylic acid groups (broad SMARTS) is 1. The van der Waals surface area contributed by atoms with Crippen molar-refractivity contribution in [1.29, 1.82) is 0 Å². The lowest BCUT2D eigenvalue weighted by molar-refractivity contribution is 0.0695. The molecule has 0 bridgehead atoms. The van der Waals surface area contributed by atoms with Crippen LogP contribution in [-0.4, -0.2) is 41.2 Å². The normalized spacial score (nSPS) is 11.7. The van der Waals surface area contributed by atoms with Gasteiger partial charge in [-0.3, -0.25) is 9.36 Å². The number of sulfonamides is 1. The molecule has 2 aromatic carbocycles. The maximum atomic E-state index is 13.4. The number of hydrogen-bond acceptors (Lipinski definition) is 6. The van der Waals surface area contributed by atoms with Gasteiger partial charge in [-0.05, 0) is 50.2 Å². The first kappa shape index (κ1) is 20.6. The molecular formula is C19H19N3O6S. The van der Waals surface area contributed by atoms with Gasteiger partial charge in [-0.1, -0.05) is 12.1 Å². The lowest BCUT2D eigenvalue weighted by Gasteiger charge is -2.17. The number of aryl methyl sites for hydroxylation is 2. The zero-order valence-corrected chi connectivity index (χ0v) is 16.7. The summed E-state index contributed by atoms with van der Waals surface area (Å²) in [5.41, 5.74) is 0.187. The van der Waals surface area contributed by atoms with Crippen molar-refractivity contribution >= 4 is 26.9 Å². The molecule has 0 amide bonds. The van der Waals surface area contributed by atoms with Gasteiger partial charge in [-0.2, -0.15) is 0 Å². The number of aliphatic hydroxyl groups is 1. The number of nitrogens with one attached hydrogen (secondary N) is 1. The second kappa shape index (κ2) is 7.39. The average Bonchev–Trinajstić information content (AvgIpc) is 2.66. The number of aromatic carboxylic acids is 1. The predicted molar refractivity (Wildman–Crippen MR) is 106 cm³/mol. The molecule has 0 aliphatic carbocycles. The van der Waals surface area contributed by atoms with E-state index in [-0.39, 0.29) is 38.4 Å². The zero-order valence-electron chi connectivity index (χ0n) is 15.9. The Morgan fingerprint density at radius 1 is 1.24 bits per heavy atom. The van der Waals surface area contributed by atoms with Crippen LogP contribution in [0.25, 0.3) is 16.6 Å². The Hall–Kier alpha value is -3.08. The summed E-state index contributed by atoms with van der Waals surface area (Å²) in [5.74, 6) is -1.25. The zero-order chi connectivity index (χ0) is 21.5. The third kappa shape index (κ3) is 3.31. The molecule has 0 saturated heterocycles. The van der Waals surface area contributed by atoms with Gasteiger partial charge in [0.1, 0.15) is 17.3 Å². The number of rotatable bonds is 5. The van der Waals surface area contributed by atoms with Crippen LogP contribution in [-0.2, 0) is 16.6 Å². The van der Waals surface area contributed by atoms with Crippen molar-refractivity contribution in [2.45, 2.75) is 25.3 Å². The Labute approximate surface area is 166 Å². The molecule has 0 fully saturated rings. The molecule has 0 spiro atoms. The molecule has 29 heavy (non-hydrogen) atoms. The summed E-state index contributed by atoms with van der Waals surface area (Å²) in [6, 6.07) is 7.26. The highest BCUT2D eigenvalue weighted by molar-refractivity contribution is 7.89. The van der Waals surface area contributed by atoms with E-state index in [2.05, 4.69) is 9.71 Å². The van der Waals surface area contributed by atoms with Crippen molar-refractivity contribution in [3.8, 4) is 5.69 Å². The topological polar surface area (TPSA) is 139 Å². The van der Waals surface area contributed by atoms with E-state index in [1.807, 2.05) is 0 Å². The smallest absolute Gasteiger partial charge is 0.336 e. The van der Waals surface area contributed by atoms with Crippen LogP contribution in [0, 0.1) is 13.8 Å². The van der Waals surface area contributed by atoms with Crippen LogP contribution in [0.2, 0.25) is 0 Å². The number of fused-ring (bicyclic) bond motifs is 1. The highest BCUT2D eigenvalue weighted by Crippen LogP contribution is 2.25. The number of carboxylic acids is 1. The van der Waals surface area contributed by atoms with Crippen molar-refractivity contribution < 1.29 is 23.4 Å². The fourth-order valence-corrected chi connectivity index (χ4v) is 4.31. The van der Waals surface area contributed by atoms with E-state index < -0.39 is 28.2 Å². The van der Waals surface area contributed by atoms with Gasteiger partial charge in [-0.15, -0.1) is 0 Å². The standard InChI is InChI=1S/C19H19N3O6S/c1-10-8-12-17(11(2)16(10)19(25)26)18(24)22(15(9-23)21-12)13-6-4-5-7-14(13)29(27,28)20-3/h4-8,20,23H,9H2,1-3H3,(H,25,26). The summed E-state index contributed by atoms with van der Waals surface area (Å²) in [4.78, 5) is 29.2. The van der Waals surface area contributed by atoms with Crippen LogP contribution in [0.4, 0.5) is 0 Å². The van der Waals surface area contributed by atoms with Crippen LogP contribution in [0.15, 0.2) is 40.0 Å². The molecule has 0 unspecified atom stereocenters. The SMILES string of the molecule is CNS(=O)(=O)c1ccccc1-n1c(CO)nc2cc(C)c(C(=O)O)c(C)c2c1=O. The van der Waals surface area contributed by atoms with Crippen LogP contribution in [0.5, 0.6) is 0 Å². The minimum Gasteiger partial charge on any atom is -0.478 e. The molecular weight excluding hydrogens is 398 g/mol. The molecule has 0 aliphatic heterocycles. The van der Waals surface area contributed by atoms with Gasteiger partial charge < -0.3 is 10.2 Å². The van der Waals surface area contributed by atoms with Crippen LogP contribution >= 0.6 is 0 Å². The fraction of sp³-hybridized carbons (Fsp3) is 0.211. The molecule has 9 nitrogen and oxygen atoms in total. The van der Waals surface area contributed by atoms with E-state index >= 15 is 0 Å². The van der Waals surface area contributed by atoms with Crippen molar-refractivity contribution in [2.24, 2.45) is 0 Å². The first-order chi connectivity index (χ1) is 13.6. The summed E-state index contributed by atoms with van der Waals surface area (Å²) in [5, 5.41) is 19.4. The number of aliphatic hydroxyl groups excluding tert-OH is 1. The number of carbonyl (C=O) groups is 1. The molecule has 3 aromatic rings. The summed E-state index contributed by atoms with van der Waals surface area (Å²) < 4.78 is 28.1. The van der Waals surface area contributed by atoms with E-state index in [1.165, 1.54) is 38.2 Å². The van der Waals surface area contributed by atoms with E-state index in [9.17, 15) is 28.2 Å². The molecule has 0 radical (unpaired) electrons. The van der Waals surface area contributed by atoms with Gasteiger partial charge in [0.25, 0.3) is 5.56 Å². The first-order valence-corrected chi connectivity index (χ1v) is 10.0. The monoisotopic (exact) mass is 417 g/mol. The van der Waals surface area contributed by atoms with Crippen LogP contribution in [0.3, 0.4) is 0 Å². The van der Waals surface area contributed by atoms with Crippen LogP contribution < -0.4 is 10.3 Å². The lowest BCUT2D eigenvalue weighted by atomic mass is 9.98. The molecule has 0 atom stereocenters. The fourth-order valence-electron chi connectivity index (χ4n) is 3.40. The molecule has 3 rings (SSSR count). The summed E-state index contributed by atoms with van der Waals surface area (Å²) in [6.07, 6.45) is 0. The third-order valence-electron chi connectivity index (χ3n) is 4.70. The molecule has 10 heteroatoms. The molecule has 1 aromatic heterocycles. The van der Waals surface area contributed by atoms with Crippen LogP contribution in [0.1, 0.15) is 27.3 Å². The second-order valence-electron chi connectivity index (χ2n) is 6.39. The van der Waals surface area contributed by atoms with E-state index in [0.29, 0.717) is 5.56 Å². The quantitative estimate of drug-likeness (QED) is 0.565. The Morgan fingerprint density at radius 2 is 1.90 bits per heavy atom. The van der Waals surface area contributed by atoms with Gasteiger partial charge in [-0.25, -0.2) is 22.9 Å². The number of para-hydroxylation sites is 1. The van der Waals surface area contributed by atoms with Gasteiger partial charge in [0.2, 0.25) is 10.0 Å². The number of nitrogens with zero attached hydrogens (tertiary/aromatic N) is 2. The van der Waals surface area contributed by atoms with Crippen molar-refractivity contribution in [1.82, 2.24) is 14.3 Å². The lowest BCUT2D eigenvalue weighted by Crippen LogP contribution is -2.28. The molecule has 3 N–H and O–H groups in total. The van der Waals surface area contributed by atoms with E-state index in [1.54, 1.807) is 13.0 Å². The van der Waals surface area contributed by atoms with Crippen molar-refractivity contribution in [2.75, 3.05) is 7.05 Å². The third-order valence-corrected chi connectivity index (χ3v) is 6.16. The number of benzene rings is 2. The minimum absolute atomic E-state index is 0.00199. The number of aromatic nitrogens is 2. The number of hydrogen-bond donors (Lipinski definition) is 3. The second-order valence-corrected chi connectivity index (χ2v) is 8.25. The Kier molecular flexibility index (Phi) is 5.26. The van der Waals surface area contributed by atoms with Gasteiger partial charge in [0.15, 0.2) is 0 Å². The Morgan fingerprint density at radius 3 is 2.48 bits per heavy atom. The molecule has 1 heterocycles. The summed E-state index contributed by atoms with van der Waals surface area (Å²) >= 11 is 0. The largest absolute Gasteiger partial charge is 0.478 e. The van der Waals surface area contributed by atoms with Crippen molar-refractivity contribution in [3.05, 3.63) is 63.2 Å².